The largest absolute Gasteiger partial charge is 0.466 e. The molecule has 0 amide bonds. The molecule has 1 fully saturated rings. The summed E-state index contributed by atoms with van der Waals surface area (Å²) >= 11 is 0. The van der Waals surface area contributed by atoms with E-state index in [1.165, 1.54) is 12.1 Å². The van der Waals surface area contributed by atoms with Crippen LogP contribution in [0.1, 0.15) is 55.8 Å². The van der Waals surface area contributed by atoms with Crippen molar-refractivity contribution < 1.29 is 18.3 Å². The number of ether oxygens (including phenoxy) is 1. The summed E-state index contributed by atoms with van der Waals surface area (Å²) in [5, 5.41) is 0.812. The van der Waals surface area contributed by atoms with Gasteiger partial charge in [0.15, 0.2) is 0 Å². The summed E-state index contributed by atoms with van der Waals surface area (Å²) in [6, 6.07) is 9.77. The van der Waals surface area contributed by atoms with E-state index in [-0.39, 0.29) is 35.4 Å². The maximum Gasteiger partial charge on any atom is 0.309 e. The van der Waals surface area contributed by atoms with E-state index >= 15 is 0 Å². The highest BCUT2D eigenvalue weighted by Gasteiger charge is 2.48. The molecule has 0 spiro atoms. The topological polar surface area (TPSA) is 31.2 Å². The molecule has 0 aliphatic heterocycles. The van der Waals surface area contributed by atoms with Gasteiger partial charge in [0.25, 0.3) is 0 Å². The molecule has 0 radical (unpaired) electrons. The van der Waals surface area contributed by atoms with Crippen molar-refractivity contribution in [1.29, 1.82) is 0 Å². The fourth-order valence-electron chi connectivity index (χ4n) is 4.34. The van der Waals surface area contributed by atoms with Crippen LogP contribution in [0.4, 0.5) is 8.78 Å². The molecule has 29 heavy (non-hydrogen) atoms. The van der Waals surface area contributed by atoms with E-state index in [4.69, 9.17) is 4.74 Å². The summed E-state index contributed by atoms with van der Waals surface area (Å²) in [6.45, 7) is 8.06. The van der Waals surface area contributed by atoms with Gasteiger partial charge < -0.3 is 9.30 Å². The van der Waals surface area contributed by atoms with Gasteiger partial charge >= 0.3 is 5.97 Å². The number of aryl methyl sites for hydroxylation is 1. The summed E-state index contributed by atoms with van der Waals surface area (Å²) in [6.07, 6.45) is 0.705. The molecule has 5 heteroatoms. The third-order valence-corrected chi connectivity index (χ3v) is 5.70. The Bertz CT molecular complexity index is 1100. The van der Waals surface area contributed by atoms with Crippen LogP contribution in [-0.2, 0) is 9.53 Å². The second-order valence-electron chi connectivity index (χ2n) is 8.08. The number of esters is 1. The number of aromatic nitrogens is 1. The number of halogens is 2. The van der Waals surface area contributed by atoms with Crippen LogP contribution < -0.4 is 0 Å². The zero-order chi connectivity index (χ0) is 20.9. The van der Waals surface area contributed by atoms with Gasteiger partial charge in [0.1, 0.15) is 11.6 Å². The summed E-state index contributed by atoms with van der Waals surface area (Å²) in [5.41, 5.74) is 4.30. The second kappa shape index (κ2) is 7.29. The molecule has 1 saturated carbocycles. The minimum absolute atomic E-state index is 0.0125. The van der Waals surface area contributed by atoms with Gasteiger partial charge in [-0.25, -0.2) is 8.78 Å². The average Bonchev–Trinajstić information content (AvgIpc) is 3.39. The smallest absolute Gasteiger partial charge is 0.309 e. The highest BCUT2D eigenvalue weighted by atomic mass is 19.1. The number of rotatable bonds is 5. The zero-order valence-corrected chi connectivity index (χ0v) is 17.1. The van der Waals surface area contributed by atoms with E-state index in [0.29, 0.717) is 18.6 Å². The molecule has 1 heterocycles. The number of benzene rings is 2. The van der Waals surface area contributed by atoms with Crippen LogP contribution in [0.5, 0.6) is 0 Å². The summed E-state index contributed by atoms with van der Waals surface area (Å²) in [5.74, 6) is -0.804. The average molecular weight is 397 g/mol. The molecule has 4 rings (SSSR count). The molecule has 0 bridgehead atoms. The lowest BCUT2D eigenvalue weighted by Gasteiger charge is -2.16. The highest BCUT2D eigenvalue weighted by molar-refractivity contribution is 5.90. The van der Waals surface area contributed by atoms with Gasteiger partial charge in [-0.3, -0.25) is 4.79 Å². The quantitative estimate of drug-likeness (QED) is 0.494. The molecule has 0 unspecified atom stereocenters. The van der Waals surface area contributed by atoms with E-state index in [1.807, 2.05) is 6.07 Å². The van der Waals surface area contributed by atoms with E-state index in [2.05, 4.69) is 18.4 Å². The number of carbonyl (C=O) groups excluding carboxylic acids is 1. The number of hydrogen-bond acceptors (Lipinski definition) is 2. The van der Waals surface area contributed by atoms with Crippen LogP contribution in [0.25, 0.3) is 16.6 Å². The minimum atomic E-state index is -0.310. The lowest BCUT2D eigenvalue weighted by molar-refractivity contribution is -0.144. The molecule has 0 N–H and O–H groups in total. The predicted octanol–water partition coefficient (Wildman–Crippen LogP) is 6.01. The molecule has 0 saturated heterocycles. The van der Waals surface area contributed by atoms with Gasteiger partial charge in [-0.05, 0) is 73.7 Å². The Hall–Kier alpha value is -2.69. The van der Waals surface area contributed by atoms with Crippen molar-refractivity contribution in [3.63, 3.8) is 0 Å². The van der Waals surface area contributed by atoms with Crippen molar-refractivity contribution in [3.8, 4) is 5.69 Å². The van der Waals surface area contributed by atoms with Gasteiger partial charge in [0.2, 0.25) is 0 Å². The standard InChI is InChI=1S/C24H25F2NO2/c1-5-29-24(28)18-12-17(18)22-19-11-15(25)6-9-21(19)27(23(22)13(2)3)16-7-8-20(26)14(4)10-16/h6-11,13,17-18H,5,12H2,1-4H3/t17-,18-/m1/s1. The molecule has 1 aliphatic rings. The van der Waals surface area contributed by atoms with Crippen LogP contribution >= 0.6 is 0 Å². The van der Waals surface area contributed by atoms with Gasteiger partial charge in [0, 0.05) is 22.7 Å². The Labute approximate surface area is 169 Å². The van der Waals surface area contributed by atoms with E-state index < -0.39 is 0 Å². The summed E-state index contributed by atoms with van der Waals surface area (Å²) in [4.78, 5) is 12.3. The third kappa shape index (κ3) is 3.33. The van der Waals surface area contributed by atoms with Crippen molar-refractivity contribution in [1.82, 2.24) is 4.57 Å². The first-order chi connectivity index (χ1) is 13.8. The summed E-state index contributed by atoms with van der Waals surface area (Å²) in [7, 11) is 0. The SMILES string of the molecule is CCOC(=O)[C@@H]1C[C@H]1c1c(C(C)C)n(-c2ccc(F)c(C)c2)c2ccc(F)cc12. The Morgan fingerprint density at radius 1 is 1.21 bits per heavy atom. The third-order valence-electron chi connectivity index (χ3n) is 5.70. The Balaban J connectivity index is 1.96. The number of carbonyl (C=O) groups is 1. The number of nitrogens with zero attached hydrogens (tertiary/aromatic N) is 1. The predicted molar refractivity (Wildman–Crippen MR) is 109 cm³/mol. The van der Waals surface area contributed by atoms with Gasteiger partial charge in [0.05, 0.1) is 18.0 Å². The van der Waals surface area contributed by atoms with Crippen LogP contribution in [0, 0.1) is 24.5 Å². The van der Waals surface area contributed by atoms with Crippen molar-refractivity contribution in [2.24, 2.45) is 5.92 Å². The van der Waals surface area contributed by atoms with Crippen molar-refractivity contribution in [3.05, 3.63) is 64.9 Å². The first kappa shape index (κ1) is 19.6. The second-order valence-corrected chi connectivity index (χ2v) is 8.08. The molecule has 3 nitrogen and oxygen atoms in total. The molecule has 3 aromatic rings. The minimum Gasteiger partial charge on any atom is -0.466 e. The first-order valence-electron chi connectivity index (χ1n) is 10.1. The number of hydrogen-bond donors (Lipinski definition) is 0. The normalized spacial score (nSPS) is 18.4. The van der Waals surface area contributed by atoms with E-state index in [9.17, 15) is 13.6 Å². The molecule has 2 aromatic carbocycles. The molecule has 1 aliphatic carbocycles. The van der Waals surface area contributed by atoms with Crippen molar-refractivity contribution >= 4 is 16.9 Å². The molecular formula is C24H25F2NO2. The Kier molecular flexibility index (Phi) is 4.93. The van der Waals surface area contributed by atoms with Crippen LogP contribution in [0.15, 0.2) is 36.4 Å². The summed E-state index contributed by atoms with van der Waals surface area (Å²) < 4.78 is 35.4. The monoisotopic (exact) mass is 397 g/mol. The number of fused-ring (bicyclic) bond motifs is 1. The maximum atomic E-state index is 14.2. The maximum absolute atomic E-state index is 14.2. The van der Waals surface area contributed by atoms with Crippen molar-refractivity contribution in [2.75, 3.05) is 6.61 Å². The van der Waals surface area contributed by atoms with Crippen molar-refractivity contribution in [2.45, 2.75) is 46.0 Å². The fraction of sp³-hybridized carbons (Fsp3) is 0.375. The molecule has 1 aromatic heterocycles. The van der Waals surface area contributed by atoms with E-state index in [0.717, 1.165) is 27.8 Å². The first-order valence-corrected chi connectivity index (χ1v) is 10.1. The Morgan fingerprint density at radius 3 is 2.62 bits per heavy atom. The molecular weight excluding hydrogens is 372 g/mol. The van der Waals surface area contributed by atoms with Gasteiger partial charge in [-0.1, -0.05) is 13.8 Å². The van der Waals surface area contributed by atoms with E-state index in [1.54, 1.807) is 32.0 Å². The molecule has 152 valence electrons. The Morgan fingerprint density at radius 2 is 1.97 bits per heavy atom. The fourth-order valence-corrected chi connectivity index (χ4v) is 4.34. The lowest BCUT2D eigenvalue weighted by Crippen LogP contribution is -2.09. The lowest BCUT2D eigenvalue weighted by atomic mass is 9.98. The van der Waals surface area contributed by atoms with Crippen LogP contribution in [0.2, 0.25) is 0 Å². The molecule has 2 atom stereocenters. The van der Waals surface area contributed by atoms with Gasteiger partial charge in [-0.2, -0.15) is 0 Å². The van der Waals surface area contributed by atoms with Crippen LogP contribution in [-0.4, -0.2) is 17.1 Å². The zero-order valence-electron chi connectivity index (χ0n) is 17.1. The van der Waals surface area contributed by atoms with Crippen LogP contribution in [0.3, 0.4) is 0 Å². The van der Waals surface area contributed by atoms with Gasteiger partial charge in [-0.15, -0.1) is 0 Å². The highest BCUT2D eigenvalue weighted by Crippen LogP contribution is 2.53.